The first-order chi connectivity index (χ1) is 15.4. The van der Waals surface area contributed by atoms with Gasteiger partial charge in [-0.3, -0.25) is 4.99 Å². The van der Waals surface area contributed by atoms with Gasteiger partial charge in [-0.2, -0.15) is 0 Å². The molecule has 1 aliphatic heterocycles. The molecular weight excluding hydrogens is 443 g/mol. The molecule has 4 nitrogen and oxygen atoms in total. The summed E-state index contributed by atoms with van der Waals surface area (Å²) in [6, 6.07) is 14.7. The minimum atomic E-state index is -0.624. The van der Waals surface area contributed by atoms with Crippen LogP contribution in [0.3, 0.4) is 0 Å². The van der Waals surface area contributed by atoms with Crippen molar-refractivity contribution in [1.82, 2.24) is 4.90 Å². The first-order valence-electron chi connectivity index (χ1n) is 11.1. The van der Waals surface area contributed by atoms with E-state index in [1.54, 1.807) is 12.4 Å². The Hall–Kier alpha value is -2.01. The van der Waals surface area contributed by atoms with Gasteiger partial charge < -0.3 is 14.7 Å². The highest BCUT2D eigenvalue weighted by atomic mass is 35.5. The van der Waals surface area contributed by atoms with E-state index in [4.69, 9.17) is 27.9 Å². The van der Waals surface area contributed by atoms with E-state index < -0.39 is 6.10 Å². The third kappa shape index (κ3) is 6.74. The van der Waals surface area contributed by atoms with E-state index in [9.17, 15) is 5.11 Å². The highest BCUT2D eigenvalue weighted by Gasteiger charge is 2.24. The van der Waals surface area contributed by atoms with Crippen LogP contribution >= 0.6 is 23.2 Å². The van der Waals surface area contributed by atoms with Gasteiger partial charge in [0.15, 0.2) is 0 Å². The summed E-state index contributed by atoms with van der Waals surface area (Å²) in [5.74, 6) is 1.30. The molecule has 0 bridgehead atoms. The van der Waals surface area contributed by atoms with Crippen LogP contribution in [0, 0.1) is 0 Å². The van der Waals surface area contributed by atoms with Gasteiger partial charge in [0.1, 0.15) is 18.5 Å². The van der Waals surface area contributed by atoms with Gasteiger partial charge in [-0.15, -0.1) is 11.6 Å². The lowest BCUT2D eigenvalue weighted by atomic mass is 9.78. The molecule has 6 heteroatoms. The predicted molar refractivity (Wildman–Crippen MR) is 134 cm³/mol. The monoisotopic (exact) mass is 474 g/mol. The van der Waals surface area contributed by atoms with E-state index >= 15 is 0 Å². The van der Waals surface area contributed by atoms with E-state index in [1.165, 1.54) is 11.1 Å². The average Bonchev–Trinajstić information content (AvgIpc) is 2.79. The topological polar surface area (TPSA) is 45.1 Å². The Labute approximate surface area is 201 Å². The number of aliphatic imine (C=N–C) groups is 1. The van der Waals surface area contributed by atoms with Gasteiger partial charge in [0, 0.05) is 36.5 Å². The molecule has 2 aromatic carbocycles. The largest absolute Gasteiger partial charge is 0.489 e. The number of rotatable bonds is 11. The van der Waals surface area contributed by atoms with E-state index in [0.29, 0.717) is 23.9 Å². The molecular formula is C26H32Cl2N2O2. The van der Waals surface area contributed by atoms with Crippen LogP contribution in [0.25, 0.3) is 0 Å². The molecule has 3 rings (SSSR count). The third-order valence-electron chi connectivity index (χ3n) is 5.84. The van der Waals surface area contributed by atoms with Crippen LogP contribution in [-0.4, -0.2) is 47.9 Å². The Balaban J connectivity index is 1.60. The predicted octanol–water partition coefficient (Wildman–Crippen LogP) is 5.82. The van der Waals surface area contributed by atoms with Crippen LogP contribution in [0.4, 0.5) is 0 Å². The van der Waals surface area contributed by atoms with Gasteiger partial charge in [-0.05, 0) is 48.1 Å². The maximum Gasteiger partial charge on any atom is 0.138 e. The molecule has 172 valence electrons. The van der Waals surface area contributed by atoms with Crippen molar-refractivity contribution in [2.75, 3.05) is 25.6 Å². The number of aryl methyl sites for hydroxylation is 1. The molecule has 1 heterocycles. The highest BCUT2D eigenvalue weighted by Crippen LogP contribution is 2.36. The molecule has 2 aromatic rings. The number of β-amino-alcohol motifs (C(OH)–C–C–N with tert-alkyl or cyclic N) is 1. The zero-order chi connectivity index (χ0) is 23.0. The summed E-state index contributed by atoms with van der Waals surface area (Å²) < 4.78 is 5.80. The van der Waals surface area contributed by atoms with Gasteiger partial charge in [0.05, 0.1) is 11.6 Å². The number of alkyl halides is 1. The number of hydrogen-bond donors (Lipinski definition) is 1. The van der Waals surface area contributed by atoms with Crippen LogP contribution in [0.1, 0.15) is 43.4 Å². The number of nitrogens with zero attached hydrogens (tertiary/aromatic N) is 2. The fourth-order valence-corrected chi connectivity index (χ4v) is 4.16. The van der Waals surface area contributed by atoms with Crippen LogP contribution in [0.5, 0.6) is 5.75 Å². The number of ether oxygens (including phenoxy) is 1. The number of unbranched alkanes of at least 4 members (excludes halogenated alkanes) is 1. The molecule has 0 aromatic heterocycles. The zero-order valence-electron chi connectivity index (χ0n) is 18.8. The van der Waals surface area contributed by atoms with E-state index in [-0.39, 0.29) is 12.0 Å². The standard InChI is InChI=1S/C26H32Cl2N2O2/c1-26(2,21-8-6-20(7-9-21)5-3-4-12-27)22-10-11-25(24(28)17-22)32-19-23(31)18-30-15-13-29-14-16-30/h6-11,13-15,17,23,31H,3-5,12,16,18-19H2,1-2H3. The van der Waals surface area contributed by atoms with E-state index in [1.807, 2.05) is 29.3 Å². The zero-order valence-corrected chi connectivity index (χ0v) is 20.3. The molecule has 0 saturated heterocycles. The minimum Gasteiger partial charge on any atom is -0.489 e. The Morgan fingerprint density at radius 3 is 2.53 bits per heavy atom. The lowest BCUT2D eigenvalue weighted by Crippen LogP contribution is -2.34. The van der Waals surface area contributed by atoms with Crippen molar-refractivity contribution in [3.05, 3.63) is 76.6 Å². The molecule has 1 unspecified atom stereocenters. The molecule has 1 aliphatic rings. The Bertz CT molecular complexity index is 926. The molecule has 0 fully saturated rings. The first-order valence-corrected chi connectivity index (χ1v) is 12.0. The maximum absolute atomic E-state index is 10.3. The van der Waals surface area contributed by atoms with Crippen LogP contribution in [0.15, 0.2) is 59.9 Å². The van der Waals surface area contributed by atoms with E-state index in [0.717, 1.165) is 30.7 Å². The summed E-state index contributed by atoms with van der Waals surface area (Å²) in [6.45, 7) is 5.73. The summed E-state index contributed by atoms with van der Waals surface area (Å²) in [5, 5.41) is 10.8. The van der Waals surface area contributed by atoms with Gasteiger partial charge in [-0.1, -0.05) is 55.8 Å². The Kier molecular flexibility index (Phi) is 9.03. The van der Waals surface area contributed by atoms with Crippen molar-refractivity contribution < 1.29 is 9.84 Å². The van der Waals surface area contributed by atoms with Crippen LogP contribution in [0.2, 0.25) is 5.02 Å². The smallest absolute Gasteiger partial charge is 0.138 e. The van der Waals surface area contributed by atoms with Crippen molar-refractivity contribution >= 4 is 29.4 Å². The molecule has 0 spiro atoms. The molecule has 0 amide bonds. The van der Waals surface area contributed by atoms with Crippen molar-refractivity contribution in [3.63, 3.8) is 0 Å². The molecule has 0 aliphatic carbocycles. The van der Waals surface area contributed by atoms with Crippen LogP contribution < -0.4 is 4.74 Å². The number of halogens is 2. The lowest BCUT2D eigenvalue weighted by Gasteiger charge is -2.27. The first kappa shape index (κ1) is 24.6. The second kappa shape index (κ2) is 11.7. The molecule has 0 radical (unpaired) electrons. The van der Waals surface area contributed by atoms with Gasteiger partial charge in [-0.25, -0.2) is 0 Å². The Morgan fingerprint density at radius 2 is 1.88 bits per heavy atom. The summed E-state index contributed by atoms with van der Waals surface area (Å²) in [5.41, 5.74) is 3.49. The van der Waals surface area contributed by atoms with Crippen LogP contribution in [-0.2, 0) is 11.8 Å². The second-order valence-corrected chi connectivity index (χ2v) is 9.45. The third-order valence-corrected chi connectivity index (χ3v) is 6.40. The van der Waals surface area contributed by atoms with Crippen molar-refractivity contribution in [2.24, 2.45) is 4.99 Å². The summed E-state index contributed by atoms with van der Waals surface area (Å²) >= 11 is 12.3. The van der Waals surface area contributed by atoms with Crippen molar-refractivity contribution in [2.45, 2.75) is 44.6 Å². The summed E-state index contributed by atoms with van der Waals surface area (Å²) in [4.78, 5) is 6.01. The van der Waals surface area contributed by atoms with Crippen molar-refractivity contribution in [1.29, 1.82) is 0 Å². The summed E-state index contributed by atoms with van der Waals surface area (Å²) in [7, 11) is 0. The van der Waals surface area contributed by atoms with E-state index in [2.05, 4.69) is 43.1 Å². The number of hydrogen-bond acceptors (Lipinski definition) is 4. The Morgan fingerprint density at radius 1 is 1.12 bits per heavy atom. The van der Waals surface area contributed by atoms with Gasteiger partial charge >= 0.3 is 0 Å². The maximum atomic E-state index is 10.3. The number of benzene rings is 2. The van der Waals surface area contributed by atoms with Gasteiger partial charge in [0.2, 0.25) is 0 Å². The molecule has 1 N–H and O–H groups in total. The molecule has 0 saturated carbocycles. The fourth-order valence-electron chi connectivity index (χ4n) is 3.74. The summed E-state index contributed by atoms with van der Waals surface area (Å²) in [6.07, 6.45) is 7.97. The quantitative estimate of drug-likeness (QED) is 0.329. The van der Waals surface area contributed by atoms with Crippen molar-refractivity contribution in [3.8, 4) is 5.75 Å². The fraction of sp³-hybridized carbons (Fsp3) is 0.423. The second-order valence-electron chi connectivity index (χ2n) is 8.66. The SMILES string of the molecule is CC(C)(c1ccc(CCCCCl)cc1)c1ccc(OCC(O)CN2C=CN=CC2)c(Cl)c1. The normalized spacial score (nSPS) is 14.6. The van der Waals surface area contributed by atoms with Gasteiger partial charge in [0.25, 0.3) is 0 Å². The highest BCUT2D eigenvalue weighted by molar-refractivity contribution is 6.32. The lowest BCUT2D eigenvalue weighted by molar-refractivity contribution is 0.0852. The number of aliphatic hydroxyl groups excluding tert-OH is 1. The average molecular weight is 475 g/mol. The molecule has 1 atom stereocenters. The molecule has 32 heavy (non-hydrogen) atoms. The number of aliphatic hydroxyl groups is 1. The minimum absolute atomic E-state index is 0.176.